The van der Waals surface area contributed by atoms with Crippen LogP contribution in [0.2, 0.25) is 0 Å². The summed E-state index contributed by atoms with van der Waals surface area (Å²) in [5.74, 6) is -7.61. The number of nitrogens with two attached hydrogens (primary N) is 1. The lowest BCUT2D eigenvalue weighted by Gasteiger charge is -2.43. The van der Waals surface area contributed by atoms with Gasteiger partial charge in [0.2, 0.25) is 29.4 Å². The molecule has 21 heteroatoms. The Balaban J connectivity index is 1.41. The number of fused-ring (bicyclic) bond motifs is 3. The number of ether oxygens (including phenoxy) is 3. The van der Waals surface area contributed by atoms with Crippen LogP contribution >= 0.6 is 0 Å². The van der Waals surface area contributed by atoms with E-state index in [9.17, 15) is 64.2 Å². The van der Waals surface area contributed by atoms with E-state index >= 15 is 0 Å². The molecule has 344 valence electrons. The number of hydrogen-bond acceptors (Lipinski definition) is 17. The van der Waals surface area contributed by atoms with Gasteiger partial charge in [-0.15, -0.1) is 0 Å². The smallest absolute Gasteiger partial charge is 0.245 e. The summed E-state index contributed by atoms with van der Waals surface area (Å²) in [4.78, 5) is 92.2. The van der Waals surface area contributed by atoms with E-state index < -0.39 is 144 Å². The first kappa shape index (κ1) is 48.5. The summed E-state index contributed by atoms with van der Waals surface area (Å²) < 4.78 is 17.5. The van der Waals surface area contributed by atoms with Gasteiger partial charge in [0, 0.05) is 42.4 Å². The lowest BCUT2D eigenvalue weighted by molar-refractivity contribution is -0.249. The fourth-order valence-corrected chi connectivity index (χ4v) is 8.28. The number of hydrogen-bond donors (Lipinski definition) is 11. The molecular formula is C42H55N5O16. The van der Waals surface area contributed by atoms with Crippen LogP contribution in [-0.4, -0.2) is 147 Å². The molecule has 1 heterocycles. The highest BCUT2D eigenvalue weighted by molar-refractivity contribution is 6.31. The van der Waals surface area contributed by atoms with E-state index in [2.05, 4.69) is 21.3 Å². The number of aromatic hydroxyl groups is 2. The molecular weight excluding hydrogens is 830 g/mol. The highest BCUT2D eigenvalue weighted by atomic mass is 16.7. The molecule has 0 radical (unpaired) electrons. The van der Waals surface area contributed by atoms with Gasteiger partial charge in [0.1, 0.15) is 47.6 Å². The first-order valence-electron chi connectivity index (χ1n) is 20.4. The van der Waals surface area contributed by atoms with E-state index in [0.717, 1.165) is 0 Å². The number of phenols is 2. The summed E-state index contributed by atoms with van der Waals surface area (Å²) in [6, 6.07) is -0.618. The second-order valence-corrected chi connectivity index (χ2v) is 16.4. The van der Waals surface area contributed by atoms with Gasteiger partial charge in [-0.2, -0.15) is 0 Å². The number of nitrogens with one attached hydrogen (secondary N) is 4. The molecule has 0 bridgehead atoms. The Morgan fingerprint density at radius 2 is 1.60 bits per heavy atom. The van der Waals surface area contributed by atoms with Gasteiger partial charge >= 0.3 is 0 Å². The fraction of sp³-hybridized carbons (Fsp3) is 0.548. The Labute approximate surface area is 361 Å². The molecule has 63 heavy (non-hydrogen) atoms. The van der Waals surface area contributed by atoms with Crippen molar-refractivity contribution in [1.82, 2.24) is 21.3 Å². The minimum absolute atomic E-state index is 0.0121. The van der Waals surface area contributed by atoms with Crippen LogP contribution in [0.25, 0.3) is 0 Å². The minimum atomic E-state index is -2.42. The molecule has 1 saturated heterocycles. The third-order valence-electron chi connectivity index (χ3n) is 11.6. The van der Waals surface area contributed by atoms with Crippen molar-refractivity contribution < 1.29 is 78.4 Å². The van der Waals surface area contributed by atoms with Crippen LogP contribution < -0.4 is 31.7 Å². The quantitative estimate of drug-likeness (QED) is 0.0617. The molecule has 1 fully saturated rings. The summed E-state index contributed by atoms with van der Waals surface area (Å²) in [7, 11) is 2.74. The molecule has 5 rings (SSSR count). The zero-order chi connectivity index (χ0) is 46.7. The monoisotopic (exact) mass is 885 g/mol. The van der Waals surface area contributed by atoms with Crippen molar-refractivity contribution in [3.8, 4) is 17.2 Å². The first-order chi connectivity index (χ1) is 29.7. The molecule has 0 spiro atoms. The number of aliphatic hydroxyl groups is 4. The second-order valence-electron chi connectivity index (χ2n) is 16.4. The molecule has 2 aromatic rings. The standard InChI is InChI=1S/C42H55N5O16/c1-17(2)11-23(46-41(59)24(15-48)47-39(57)21(44-4)9-10-28(43)51)40(58)45-22-12-29(62-18(3)34(22)52)63-26-14-42(60,27(50)16-49)13-20-31(26)38(56)33-32(36(20)54)35(53)19-7-6-8-25(61-5)30(19)37(33)55/h6-8,17-18,21-24,26,29,34,44,48-49,52,54,56,60H,9-16H2,1-5H3,(H2,43,51)(H,45,58)(H,46,59)(H,47,57). The molecule has 0 aromatic heterocycles. The number of aliphatic hydroxyl groups excluding tert-OH is 3. The van der Waals surface area contributed by atoms with Crippen LogP contribution in [0, 0.1) is 5.92 Å². The number of carbonyl (C=O) groups is 7. The van der Waals surface area contributed by atoms with E-state index in [1.54, 1.807) is 13.8 Å². The Morgan fingerprint density at radius 3 is 2.21 bits per heavy atom. The van der Waals surface area contributed by atoms with Crippen LogP contribution in [-0.2, 0) is 39.9 Å². The average molecular weight is 886 g/mol. The Bertz CT molecular complexity index is 2150. The van der Waals surface area contributed by atoms with Crippen LogP contribution in [0.1, 0.15) is 102 Å². The van der Waals surface area contributed by atoms with Crippen molar-refractivity contribution >= 4 is 41.0 Å². The summed E-state index contributed by atoms with van der Waals surface area (Å²) in [6.45, 7) is 3.03. The molecule has 3 aliphatic rings. The number of carbonyl (C=O) groups excluding carboxylic acids is 7. The average Bonchev–Trinajstić information content (AvgIpc) is 3.23. The van der Waals surface area contributed by atoms with Crippen LogP contribution in [0.15, 0.2) is 18.2 Å². The summed E-state index contributed by atoms with van der Waals surface area (Å²) in [5.41, 5.74) is 0.727. The Morgan fingerprint density at radius 1 is 0.952 bits per heavy atom. The number of amides is 4. The minimum Gasteiger partial charge on any atom is -0.507 e. The van der Waals surface area contributed by atoms with Gasteiger partial charge in [-0.3, -0.25) is 33.6 Å². The largest absolute Gasteiger partial charge is 0.507 e. The Hall–Kier alpha value is -5.55. The van der Waals surface area contributed by atoms with Crippen LogP contribution in [0.3, 0.4) is 0 Å². The van der Waals surface area contributed by atoms with Crippen molar-refractivity contribution in [1.29, 1.82) is 0 Å². The van der Waals surface area contributed by atoms with Crippen molar-refractivity contribution in [3.63, 3.8) is 0 Å². The fourth-order valence-electron chi connectivity index (χ4n) is 8.28. The maximum atomic E-state index is 14.0. The molecule has 4 amide bonds. The third kappa shape index (κ3) is 9.99. The van der Waals surface area contributed by atoms with E-state index in [-0.39, 0.29) is 59.6 Å². The number of rotatable bonds is 18. The number of methoxy groups -OCH3 is 1. The SMILES string of the molecule is CNC(CCC(N)=O)C(=O)NC(CO)C(=O)NC(CC(C)C)C(=O)NC1CC(OC2CC(O)(C(=O)CO)Cc3c(O)c4c(c(O)c32)C(=O)c2c(OC)cccc2C4=O)OC(C)C1O. The number of likely N-dealkylation sites (N-methyl/N-ethyl adjacent to an activating group) is 1. The third-order valence-corrected chi connectivity index (χ3v) is 11.6. The zero-order valence-corrected chi connectivity index (χ0v) is 35.4. The summed E-state index contributed by atoms with van der Waals surface area (Å²) in [6.07, 6.45) is -7.12. The van der Waals surface area contributed by atoms with Crippen molar-refractivity contribution in [3.05, 3.63) is 51.6 Å². The summed E-state index contributed by atoms with van der Waals surface area (Å²) in [5, 5.41) is 76.5. The van der Waals surface area contributed by atoms with Crippen molar-refractivity contribution in [2.75, 3.05) is 27.4 Å². The predicted molar refractivity (Wildman–Crippen MR) is 217 cm³/mol. The second kappa shape index (κ2) is 19.9. The van der Waals surface area contributed by atoms with E-state index in [1.165, 1.54) is 39.3 Å². The lowest BCUT2D eigenvalue weighted by Crippen LogP contribution is -2.61. The van der Waals surface area contributed by atoms with E-state index in [1.807, 2.05) is 0 Å². The van der Waals surface area contributed by atoms with E-state index in [0.29, 0.717) is 0 Å². The van der Waals surface area contributed by atoms with Crippen molar-refractivity contribution in [2.45, 2.75) is 114 Å². The normalized spacial score (nSPS) is 24.3. The molecule has 21 nitrogen and oxygen atoms in total. The highest BCUT2D eigenvalue weighted by Crippen LogP contribution is 2.52. The van der Waals surface area contributed by atoms with Gasteiger partial charge in [0.25, 0.3) is 0 Å². The van der Waals surface area contributed by atoms with Gasteiger partial charge in [0.05, 0.1) is 54.7 Å². The molecule has 2 aliphatic carbocycles. The maximum absolute atomic E-state index is 14.0. The molecule has 12 N–H and O–H groups in total. The molecule has 9 atom stereocenters. The topological polar surface area (TPSA) is 343 Å². The predicted octanol–water partition coefficient (Wildman–Crippen LogP) is -1.98. The van der Waals surface area contributed by atoms with Crippen LogP contribution in [0.4, 0.5) is 0 Å². The molecule has 9 unspecified atom stereocenters. The number of ketones is 3. The Kier molecular flexibility index (Phi) is 15.3. The highest BCUT2D eigenvalue weighted by Gasteiger charge is 2.50. The van der Waals surface area contributed by atoms with Gasteiger partial charge in [-0.1, -0.05) is 26.0 Å². The maximum Gasteiger partial charge on any atom is 0.245 e. The number of Topliss-reactive ketones (excluding diaryl/α,β-unsaturated/α-hetero) is 1. The van der Waals surface area contributed by atoms with Gasteiger partial charge in [0.15, 0.2) is 17.9 Å². The number of benzene rings is 2. The lowest BCUT2D eigenvalue weighted by atomic mass is 9.72. The van der Waals surface area contributed by atoms with Crippen molar-refractivity contribution in [2.24, 2.45) is 11.7 Å². The number of primary amides is 1. The molecule has 1 aliphatic heterocycles. The zero-order valence-electron chi connectivity index (χ0n) is 35.4. The summed E-state index contributed by atoms with van der Waals surface area (Å²) >= 11 is 0. The van der Waals surface area contributed by atoms with E-state index in [4.69, 9.17) is 19.9 Å². The van der Waals surface area contributed by atoms with Gasteiger partial charge in [-0.05, 0) is 38.8 Å². The number of phenolic OH excluding ortho intramolecular Hbond substituents is 2. The first-order valence-corrected chi connectivity index (χ1v) is 20.4. The molecule has 0 saturated carbocycles. The van der Waals surface area contributed by atoms with Crippen LogP contribution in [0.5, 0.6) is 17.2 Å². The van der Waals surface area contributed by atoms with Gasteiger partial charge < -0.3 is 71.9 Å². The van der Waals surface area contributed by atoms with Gasteiger partial charge in [-0.25, -0.2) is 0 Å². The molecule has 2 aromatic carbocycles.